The number of piperidine rings is 1. The first kappa shape index (κ1) is 15.2. The van der Waals surface area contributed by atoms with Gasteiger partial charge in [-0.1, -0.05) is 0 Å². The van der Waals surface area contributed by atoms with Gasteiger partial charge in [0.1, 0.15) is 6.61 Å². The smallest absolute Gasteiger partial charge is 0.223 e. The molecule has 1 saturated heterocycles. The van der Waals surface area contributed by atoms with Crippen LogP contribution in [-0.2, 0) is 4.74 Å². The van der Waals surface area contributed by atoms with E-state index >= 15 is 0 Å². The zero-order valence-electron chi connectivity index (χ0n) is 10.4. The van der Waals surface area contributed by atoms with Crippen molar-refractivity contribution in [2.75, 3.05) is 26.3 Å². The first-order chi connectivity index (χ1) is 8.36. The highest BCUT2D eigenvalue weighted by Crippen LogP contribution is 2.13. The molecule has 2 rings (SSSR count). The number of ketones is 1. The van der Waals surface area contributed by atoms with Gasteiger partial charge in [0.05, 0.1) is 6.26 Å². The predicted molar refractivity (Wildman–Crippen MR) is 71.3 cm³/mol. The van der Waals surface area contributed by atoms with Gasteiger partial charge in [0.15, 0.2) is 5.76 Å². The molecule has 18 heavy (non-hydrogen) atoms. The molecule has 0 radical (unpaired) electrons. The summed E-state index contributed by atoms with van der Waals surface area (Å²) in [4.78, 5) is 11.5. The van der Waals surface area contributed by atoms with Crippen LogP contribution in [-0.4, -0.2) is 32.1 Å². The lowest BCUT2D eigenvalue weighted by atomic mass is 9.97. The number of carbonyl (C=O) groups is 1. The molecular formula is C13H20ClNO3. The number of carbonyl (C=O) groups excluding carboxylic acids is 1. The summed E-state index contributed by atoms with van der Waals surface area (Å²) in [6, 6.07) is 3.37. The molecule has 5 heteroatoms. The van der Waals surface area contributed by atoms with E-state index < -0.39 is 0 Å². The summed E-state index contributed by atoms with van der Waals surface area (Å²) in [7, 11) is 0. The standard InChI is InChI=1S/C13H19NO3.ClH/c15-12(13-4-2-7-17-13)10-16-8-5-11-3-1-6-14-9-11;/h2,4,7,11,14H,1,3,5-6,8-10H2;1H. The van der Waals surface area contributed by atoms with Crippen molar-refractivity contribution >= 4 is 18.2 Å². The largest absolute Gasteiger partial charge is 0.461 e. The molecule has 1 unspecified atom stereocenters. The maximum Gasteiger partial charge on any atom is 0.223 e. The molecule has 1 aromatic heterocycles. The topological polar surface area (TPSA) is 51.5 Å². The third kappa shape index (κ3) is 4.80. The molecule has 4 nitrogen and oxygen atoms in total. The molecule has 1 atom stereocenters. The number of hydrogen-bond acceptors (Lipinski definition) is 4. The highest BCUT2D eigenvalue weighted by Gasteiger charge is 2.13. The highest BCUT2D eigenvalue weighted by atomic mass is 35.5. The van der Waals surface area contributed by atoms with Gasteiger partial charge in [-0.15, -0.1) is 12.4 Å². The molecular weight excluding hydrogens is 254 g/mol. The van der Waals surface area contributed by atoms with Crippen LogP contribution in [0.1, 0.15) is 29.8 Å². The second kappa shape index (κ2) is 8.29. The van der Waals surface area contributed by atoms with E-state index in [9.17, 15) is 4.79 Å². The van der Waals surface area contributed by atoms with Gasteiger partial charge < -0.3 is 14.5 Å². The first-order valence-electron chi connectivity index (χ1n) is 6.21. The van der Waals surface area contributed by atoms with E-state index in [1.807, 2.05) is 0 Å². The number of nitrogens with one attached hydrogen (secondary N) is 1. The van der Waals surface area contributed by atoms with Gasteiger partial charge in [0, 0.05) is 6.61 Å². The van der Waals surface area contributed by atoms with Gasteiger partial charge in [0.2, 0.25) is 5.78 Å². The van der Waals surface area contributed by atoms with Crippen LogP contribution >= 0.6 is 12.4 Å². The molecule has 1 fully saturated rings. The lowest BCUT2D eigenvalue weighted by molar-refractivity contribution is 0.0699. The zero-order valence-corrected chi connectivity index (χ0v) is 11.2. The number of rotatable bonds is 6. The molecule has 0 saturated carbocycles. The molecule has 1 aliphatic heterocycles. The summed E-state index contributed by atoms with van der Waals surface area (Å²) in [6.45, 7) is 2.98. The van der Waals surface area contributed by atoms with Crippen LogP contribution in [0.25, 0.3) is 0 Å². The summed E-state index contributed by atoms with van der Waals surface area (Å²) in [6.07, 6.45) is 5.04. The Morgan fingerprint density at radius 1 is 1.56 bits per heavy atom. The molecule has 1 N–H and O–H groups in total. The van der Waals surface area contributed by atoms with E-state index in [1.54, 1.807) is 12.1 Å². The Bertz CT molecular complexity index is 334. The normalized spacial score (nSPS) is 19.2. The minimum Gasteiger partial charge on any atom is -0.461 e. The lowest BCUT2D eigenvalue weighted by Crippen LogP contribution is -2.30. The average Bonchev–Trinajstić information content (AvgIpc) is 2.89. The fourth-order valence-electron chi connectivity index (χ4n) is 2.09. The fourth-order valence-corrected chi connectivity index (χ4v) is 2.09. The van der Waals surface area contributed by atoms with Gasteiger partial charge in [-0.2, -0.15) is 0 Å². The van der Waals surface area contributed by atoms with Crippen molar-refractivity contribution in [2.45, 2.75) is 19.3 Å². The Morgan fingerprint density at radius 3 is 3.11 bits per heavy atom. The second-order valence-electron chi connectivity index (χ2n) is 4.45. The van der Waals surface area contributed by atoms with Crippen molar-refractivity contribution in [3.8, 4) is 0 Å². The van der Waals surface area contributed by atoms with Gasteiger partial charge in [-0.25, -0.2) is 0 Å². The average molecular weight is 274 g/mol. The SMILES string of the molecule is Cl.O=C(COCCC1CCCNC1)c1ccco1. The second-order valence-corrected chi connectivity index (χ2v) is 4.45. The van der Waals surface area contributed by atoms with Gasteiger partial charge in [-0.3, -0.25) is 4.79 Å². The molecule has 0 amide bonds. The van der Waals surface area contributed by atoms with Crippen molar-refractivity contribution in [1.82, 2.24) is 5.32 Å². The molecule has 0 bridgehead atoms. The van der Waals surface area contributed by atoms with E-state index in [0.717, 1.165) is 19.5 Å². The number of furan rings is 1. The summed E-state index contributed by atoms with van der Waals surface area (Å²) in [5.41, 5.74) is 0. The van der Waals surface area contributed by atoms with E-state index in [0.29, 0.717) is 18.3 Å². The Kier molecular flexibility index (Phi) is 7.01. The maximum atomic E-state index is 11.5. The summed E-state index contributed by atoms with van der Waals surface area (Å²) in [5, 5.41) is 3.37. The number of Topliss-reactive ketones (excluding diaryl/α,β-unsaturated/α-hetero) is 1. The van der Waals surface area contributed by atoms with Gasteiger partial charge >= 0.3 is 0 Å². The van der Waals surface area contributed by atoms with Crippen molar-refractivity contribution in [1.29, 1.82) is 0 Å². The van der Waals surface area contributed by atoms with Crippen molar-refractivity contribution in [3.05, 3.63) is 24.2 Å². The van der Waals surface area contributed by atoms with E-state index in [4.69, 9.17) is 9.15 Å². The van der Waals surface area contributed by atoms with Crippen LogP contribution in [0, 0.1) is 5.92 Å². The maximum absolute atomic E-state index is 11.5. The third-order valence-corrected chi connectivity index (χ3v) is 3.10. The molecule has 1 aromatic rings. The molecule has 0 aromatic carbocycles. The van der Waals surface area contributed by atoms with Gasteiger partial charge in [-0.05, 0) is 50.4 Å². The molecule has 0 spiro atoms. The van der Waals surface area contributed by atoms with Crippen molar-refractivity contribution < 1.29 is 13.9 Å². The minimum atomic E-state index is -0.0863. The van der Waals surface area contributed by atoms with E-state index in [2.05, 4.69) is 5.32 Å². The third-order valence-electron chi connectivity index (χ3n) is 3.10. The van der Waals surface area contributed by atoms with E-state index in [-0.39, 0.29) is 24.8 Å². The van der Waals surface area contributed by atoms with E-state index in [1.165, 1.54) is 19.1 Å². The van der Waals surface area contributed by atoms with Crippen LogP contribution in [0.15, 0.2) is 22.8 Å². The van der Waals surface area contributed by atoms with Crippen LogP contribution in [0.3, 0.4) is 0 Å². The Balaban J connectivity index is 0.00000162. The fraction of sp³-hybridized carbons (Fsp3) is 0.615. The van der Waals surface area contributed by atoms with Crippen LogP contribution < -0.4 is 5.32 Å². The zero-order chi connectivity index (χ0) is 11.9. The van der Waals surface area contributed by atoms with Crippen molar-refractivity contribution in [2.24, 2.45) is 5.92 Å². The number of halogens is 1. The molecule has 102 valence electrons. The highest BCUT2D eigenvalue weighted by molar-refractivity contribution is 5.94. The Hall–Kier alpha value is -0.840. The lowest BCUT2D eigenvalue weighted by Gasteiger charge is -2.22. The van der Waals surface area contributed by atoms with Crippen LogP contribution in [0.2, 0.25) is 0 Å². The summed E-state index contributed by atoms with van der Waals surface area (Å²) >= 11 is 0. The quantitative estimate of drug-likeness (QED) is 0.638. The number of hydrogen-bond donors (Lipinski definition) is 1. The summed E-state index contributed by atoms with van der Waals surface area (Å²) in [5.74, 6) is 0.989. The van der Waals surface area contributed by atoms with Crippen LogP contribution in [0.4, 0.5) is 0 Å². The summed E-state index contributed by atoms with van der Waals surface area (Å²) < 4.78 is 10.4. The monoisotopic (exact) mass is 273 g/mol. The minimum absolute atomic E-state index is 0. The molecule has 1 aliphatic rings. The Morgan fingerprint density at radius 2 is 2.44 bits per heavy atom. The van der Waals surface area contributed by atoms with Crippen molar-refractivity contribution in [3.63, 3.8) is 0 Å². The number of ether oxygens (including phenoxy) is 1. The predicted octanol–water partition coefficient (Wildman–Crippen LogP) is 2.29. The molecule has 2 heterocycles. The molecule has 0 aliphatic carbocycles. The van der Waals surface area contributed by atoms with Gasteiger partial charge in [0.25, 0.3) is 0 Å². The first-order valence-corrected chi connectivity index (χ1v) is 6.21. The Labute approximate surface area is 113 Å². The van der Waals surface area contributed by atoms with Crippen LogP contribution in [0.5, 0.6) is 0 Å².